The summed E-state index contributed by atoms with van der Waals surface area (Å²) >= 11 is 1.61. The second-order valence-corrected chi connectivity index (χ2v) is 13.2. The molecule has 0 saturated heterocycles. The van der Waals surface area contributed by atoms with Crippen LogP contribution in [0.5, 0.6) is 0 Å². The summed E-state index contributed by atoms with van der Waals surface area (Å²) in [5.74, 6) is 0.473. The summed E-state index contributed by atoms with van der Waals surface area (Å²) < 4.78 is 1.12. The first-order valence-corrected chi connectivity index (χ1v) is 15.7. The summed E-state index contributed by atoms with van der Waals surface area (Å²) in [6.07, 6.45) is 7.73. The molecular weight excluding hydrogens is 543 g/mol. The van der Waals surface area contributed by atoms with Crippen LogP contribution in [-0.4, -0.2) is 4.98 Å². The van der Waals surface area contributed by atoms with Crippen molar-refractivity contribution in [2.75, 3.05) is 4.90 Å². The summed E-state index contributed by atoms with van der Waals surface area (Å²) in [5.41, 5.74) is 10.2. The van der Waals surface area contributed by atoms with E-state index in [2.05, 4.69) is 128 Å². The lowest BCUT2D eigenvalue weighted by molar-refractivity contribution is 0.228. The highest BCUT2D eigenvalue weighted by Gasteiger charge is 2.38. The van der Waals surface area contributed by atoms with Gasteiger partial charge in [0.2, 0.25) is 0 Å². The third-order valence-electron chi connectivity index (χ3n) is 8.84. The Morgan fingerprint density at radius 1 is 0.814 bits per heavy atom. The van der Waals surface area contributed by atoms with Crippen molar-refractivity contribution in [1.82, 2.24) is 4.98 Å². The van der Waals surface area contributed by atoms with E-state index in [1.54, 1.807) is 11.3 Å². The van der Waals surface area contributed by atoms with E-state index in [1.165, 1.54) is 16.7 Å². The van der Waals surface area contributed by atoms with Gasteiger partial charge in [0.1, 0.15) is 11.1 Å². The molecular formula is C39H33N3S. The molecule has 5 aromatic rings. The Balaban J connectivity index is 1.25. The van der Waals surface area contributed by atoms with E-state index in [9.17, 15) is 5.26 Å². The average Bonchev–Trinajstić information content (AvgIpc) is 3.46. The third kappa shape index (κ3) is 5.22. The van der Waals surface area contributed by atoms with Crippen molar-refractivity contribution < 1.29 is 0 Å². The minimum atomic E-state index is 0.0654. The fraction of sp³-hybridized carbons (Fsp3) is 0.179. The highest BCUT2D eigenvalue weighted by atomic mass is 32.1. The van der Waals surface area contributed by atoms with Crippen LogP contribution in [0.1, 0.15) is 43.7 Å². The van der Waals surface area contributed by atoms with Crippen LogP contribution in [0, 0.1) is 22.7 Å². The van der Waals surface area contributed by atoms with E-state index in [1.807, 2.05) is 18.2 Å². The van der Waals surface area contributed by atoms with Crippen molar-refractivity contribution in [3.63, 3.8) is 0 Å². The minimum absolute atomic E-state index is 0.0654. The van der Waals surface area contributed by atoms with Gasteiger partial charge in [0.25, 0.3) is 0 Å². The number of nitriles is 1. The van der Waals surface area contributed by atoms with Gasteiger partial charge in [0.05, 0.1) is 15.8 Å². The average molecular weight is 576 g/mol. The Morgan fingerprint density at radius 3 is 2.09 bits per heavy atom. The summed E-state index contributed by atoms with van der Waals surface area (Å²) in [6, 6.07) is 40.7. The van der Waals surface area contributed by atoms with Gasteiger partial charge in [0, 0.05) is 17.1 Å². The van der Waals surface area contributed by atoms with E-state index >= 15 is 0 Å². The van der Waals surface area contributed by atoms with Crippen molar-refractivity contribution in [3.05, 3.63) is 143 Å². The molecule has 1 aromatic heterocycles. The summed E-state index contributed by atoms with van der Waals surface area (Å²) in [7, 11) is 0. The maximum Gasteiger partial charge on any atom is 0.135 e. The van der Waals surface area contributed by atoms with Gasteiger partial charge in [-0.2, -0.15) is 5.26 Å². The zero-order valence-corrected chi connectivity index (χ0v) is 25.3. The molecule has 2 aliphatic carbocycles. The second-order valence-electron chi connectivity index (χ2n) is 12.1. The van der Waals surface area contributed by atoms with E-state index in [0.717, 1.165) is 57.1 Å². The Labute approximate surface area is 257 Å². The zero-order chi connectivity index (χ0) is 29.4. The van der Waals surface area contributed by atoms with Gasteiger partial charge in [-0.1, -0.05) is 86.7 Å². The van der Waals surface area contributed by atoms with Crippen LogP contribution in [0.4, 0.5) is 17.1 Å². The molecule has 0 amide bonds. The standard InChI is InChI=1S/C39H33N3S/c1-39(2)25-30(34(26-40)38-41-36-15-9-10-16-37(36)43-38)24-29-23-28(19-22-35(29)39)27-17-20-33(21-18-27)42(31-11-5-3-6-12-31)32-13-7-4-8-14-32/h3-18,20-21,23-24,35H,19,22,25H2,1-2H3/b34-30-. The third-order valence-corrected chi connectivity index (χ3v) is 9.90. The summed E-state index contributed by atoms with van der Waals surface area (Å²) in [5, 5.41) is 11.1. The van der Waals surface area contributed by atoms with Crippen LogP contribution in [0.3, 0.4) is 0 Å². The van der Waals surface area contributed by atoms with Crippen molar-refractivity contribution in [2.24, 2.45) is 11.3 Å². The molecule has 0 spiro atoms. The number of hydrogen-bond acceptors (Lipinski definition) is 4. The van der Waals surface area contributed by atoms with Gasteiger partial charge in [-0.05, 0) is 101 Å². The van der Waals surface area contributed by atoms with Crippen LogP contribution >= 0.6 is 11.3 Å². The molecule has 1 heterocycles. The SMILES string of the molecule is CC1(C)C/C(=C(/C#N)c2nc3ccccc3s2)C=C2C=C(c3ccc(N(c4ccccc4)c4ccccc4)cc3)CCC21. The first kappa shape index (κ1) is 27.1. The number of hydrogen-bond donors (Lipinski definition) is 0. The van der Waals surface area contributed by atoms with Gasteiger partial charge in [-0.25, -0.2) is 4.98 Å². The monoisotopic (exact) mass is 575 g/mol. The number of allylic oxidation sites excluding steroid dienone is 6. The van der Waals surface area contributed by atoms with E-state index in [0.29, 0.717) is 11.5 Å². The lowest BCUT2D eigenvalue weighted by Gasteiger charge is -2.42. The van der Waals surface area contributed by atoms with Crippen LogP contribution < -0.4 is 4.90 Å². The Kier molecular flexibility index (Phi) is 7.05. The second kappa shape index (κ2) is 11.2. The van der Waals surface area contributed by atoms with Crippen LogP contribution in [0.25, 0.3) is 21.4 Å². The van der Waals surface area contributed by atoms with Gasteiger partial charge >= 0.3 is 0 Å². The molecule has 0 saturated carbocycles. The van der Waals surface area contributed by atoms with Gasteiger partial charge in [-0.15, -0.1) is 11.3 Å². The van der Waals surface area contributed by atoms with Crippen LogP contribution in [0.15, 0.2) is 132 Å². The zero-order valence-electron chi connectivity index (χ0n) is 24.5. The number of rotatable bonds is 5. The molecule has 0 bridgehead atoms. The number of aromatic nitrogens is 1. The van der Waals surface area contributed by atoms with Crippen LogP contribution in [-0.2, 0) is 0 Å². The molecule has 43 heavy (non-hydrogen) atoms. The molecule has 7 rings (SSSR count). The maximum atomic E-state index is 10.3. The largest absolute Gasteiger partial charge is 0.311 e. The normalized spacial score (nSPS) is 18.7. The quantitative estimate of drug-likeness (QED) is 0.196. The number of benzene rings is 4. The fourth-order valence-corrected chi connectivity index (χ4v) is 7.74. The molecule has 0 N–H and O–H groups in total. The molecule has 1 unspecified atom stereocenters. The Bertz CT molecular complexity index is 1850. The van der Waals surface area contributed by atoms with Gasteiger partial charge in [0.15, 0.2) is 0 Å². The maximum absolute atomic E-state index is 10.3. The topological polar surface area (TPSA) is 39.9 Å². The number of thiazole rings is 1. The number of anilines is 3. The fourth-order valence-electron chi connectivity index (χ4n) is 6.74. The van der Waals surface area contributed by atoms with E-state index in [4.69, 9.17) is 4.98 Å². The van der Waals surface area contributed by atoms with Crippen LogP contribution in [0.2, 0.25) is 0 Å². The van der Waals surface area contributed by atoms with E-state index < -0.39 is 0 Å². The highest BCUT2D eigenvalue weighted by molar-refractivity contribution is 7.19. The lowest BCUT2D eigenvalue weighted by Crippen LogP contribution is -2.31. The molecule has 2 aliphatic rings. The number of nitrogens with zero attached hydrogens (tertiary/aromatic N) is 3. The first-order chi connectivity index (χ1) is 21.0. The van der Waals surface area contributed by atoms with Crippen molar-refractivity contribution in [2.45, 2.75) is 33.1 Å². The highest BCUT2D eigenvalue weighted by Crippen LogP contribution is 2.51. The molecule has 0 fully saturated rings. The smallest absolute Gasteiger partial charge is 0.135 e. The van der Waals surface area contributed by atoms with E-state index in [-0.39, 0.29) is 5.41 Å². The molecule has 4 heteroatoms. The number of fused-ring (bicyclic) bond motifs is 2. The molecule has 4 aromatic carbocycles. The first-order valence-electron chi connectivity index (χ1n) is 14.9. The van der Waals surface area contributed by atoms with Gasteiger partial charge < -0.3 is 4.90 Å². The number of para-hydroxylation sites is 3. The van der Waals surface area contributed by atoms with Gasteiger partial charge in [-0.3, -0.25) is 0 Å². The molecule has 3 nitrogen and oxygen atoms in total. The Morgan fingerprint density at radius 2 is 1.44 bits per heavy atom. The van der Waals surface area contributed by atoms with Crippen molar-refractivity contribution in [3.8, 4) is 6.07 Å². The lowest BCUT2D eigenvalue weighted by atomic mass is 9.62. The predicted molar refractivity (Wildman–Crippen MR) is 180 cm³/mol. The minimum Gasteiger partial charge on any atom is -0.311 e. The van der Waals surface area contributed by atoms with Crippen molar-refractivity contribution in [1.29, 1.82) is 5.26 Å². The predicted octanol–water partition coefficient (Wildman–Crippen LogP) is 10.9. The molecule has 210 valence electrons. The molecule has 1 atom stereocenters. The molecule has 0 aliphatic heterocycles. The summed E-state index contributed by atoms with van der Waals surface area (Å²) in [4.78, 5) is 7.12. The summed E-state index contributed by atoms with van der Waals surface area (Å²) in [6.45, 7) is 4.71. The molecule has 0 radical (unpaired) electrons. The van der Waals surface area contributed by atoms with Crippen molar-refractivity contribution >= 4 is 49.8 Å². The Hall–Kier alpha value is -4.72.